The summed E-state index contributed by atoms with van der Waals surface area (Å²) in [5.74, 6) is 1.52. The molecule has 156 valence electrons. The van der Waals surface area contributed by atoms with Gasteiger partial charge in [-0.15, -0.1) is 0 Å². The Balaban J connectivity index is 2.07. The Hall–Kier alpha value is -2.19. The van der Waals surface area contributed by atoms with Gasteiger partial charge < -0.3 is 20.1 Å². The van der Waals surface area contributed by atoms with Crippen molar-refractivity contribution in [2.24, 2.45) is 0 Å². The van der Waals surface area contributed by atoms with Crippen LogP contribution in [0.25, 0.3) is 0 Å². The van der Waals surface area contributed by atoms with E-state index < -0.39 is 6.04 Å². The predicted molar refractivity (Wildman–Crippen MR) is 120 cm³/mol. The zero-order valence-electron chi connectivity index (χ0n) is 16.7. The maximum atomic E-state index is 12.8. The Morgan fingerprint density at radius 2 is 1.76 bits per heavy atom. The zero-order valence-corrected chi connectivity index (χ0v) is 19.1. The number of carbonyl (C=O) groups excluding carboxylic acids is 2. The molecule has 0 heterocycles. The molecule has 0 aliphatic carbocycles. The summed E-state index contributed by atoms with van der Waals surface area (Å²) in [6.07, 6.45) is 2.50. The van der Waals surface area contributed by atoms with Gasteiger partial charge >= 0.3 is 0 Å². The molecule has 0 aromatic heterocycles. The summed E-state index contributed by atoms with van der Waals surface area (Å²) < 4.78 is 11.2. The summed E-state index contributed by atoms with van der Waals surface area (Å²) in [6, 6.07) is 11.9. The molecule has 0 aliphatic heterocycles. The highest BCUT2D eigenvalue weighted by molar-refractivity contribution is 9.10. The number of carbonyl (C=O) groups is 2. The van der Waals surface area contributed by atoms with Crippen molar-refractivity contribution in [1.29, 1.82) is 0 Å². The minimum absolute atomic E-state index is 0.235. The van der Waals surface area contributed by atoms with Gasteiger partial charge in [0.2, 0.25) is 5.91 Å². The van der Waals surface area contributed by atoms with E-state index in [0.717, 1.165) is 11.3 Å². The van der Waals surface area contributed by atoms with Crippen LogP contribution in [0.2, 0.25) is 0 Å². The molecule has 2 amide bonds. The van der Waals surface area contributed by atoms with Gasteiger partial charge in [-0.3, -0.25) is 9.59 Å². The molecule has 0 spiro atoms. The topological polar surface area (TPSA) is 76.7 Å². The van der Waals surface area contributed by atoms with Crippen molar-refractivity contribution < 1.29 is 19.1 Å². The van der Waals surface area contributed by atoms with E-state index in [2.05, 4.69) is 26.6 Å². The number of halogens is 1. The monoisotopic (exact) mass is 480 g/mol. The normalized spacial score (nSPS) is 11.4. The fourth-order valence-corrected chi connectivity index (χ4v) is 3.60. The first kappa shape index (κ1) is 23.1. The summed E-state index contributed by atoms with van der Waals surface area (Å²) in [5, 5.41) is 5.74. The standard InChI is InChI=1S/C21H25BrN2O4S/c1-27-15-10-14(11-16(12-15)28-2)13-23-21(26)19(8-9-29-3)24-20(25)17-6-4-5-7-18(17)22/h4-7,10-12,19H,8-9,13H2,1-3H3,(H,23,26)(H,24,25). The van der Waals surface area contributed by atoms with Crippen LogP contribution in [-0.2, 0) is 11.3 Å². The molecule has 0 aliphatic rings. The largest absolute Gasteiger partial charge is 0.497 e. The van der Waals surface area contributed by atoms with E-state index in [1.807, 2.05) is 24.5 Å². The number of hydrogen-bond donors (Lipinski definition) is 2. The molecule has 0 radical (unpaired) electrons. The van der Waals surface area contributed by atoms with Crippen LogP contribution in [0.5, 0.6) is 11.5 Å². The summed E-state index contributed by atoms with van der Waals surface area (Å²) in [7, 11) is 3.15. The second-order valence-electron chi connectivity index (χ2n) is 6.23. The van der Waals surface area contributed by atoms with Gasteiger partial charge in [-0.05, 0) is 64.2 Å². The number of thioether (sulfide) groups is 1. The van der Waals surface area contributed by atoms with Crippen molar-refractivity contribution in [1.82, 2.24) is 10.6 Å². The van der Waals surface area contributed by atoms with Crippen LogP contribution >= 0.6 is 27.7 Å². The van der Waals surface area contributed by atoms with Crippen molar-refractivity contribution in [2.45, 2.75) is 19.0 Å². The van der Waals surface area contributed by atoms with Crippen LogP contribution < -0.4 is 20.1 Å². The lowest BCUT2D eigenvalue weighted by atomic mass is 10.1. The molecule has 2 rings (SSSR count). The lowest BCUT2D eigenvalue weighted by molar-refractivity contribution is -0.123. The summed E-state index contributed by atoms with van der Waals surface area (Å²) in [4.78, 5) is 25.4. The maximum absolute atomic E-state index is 12.8. The quantitative estimate of drug-likeness (QED) is 0.542. The number of nitrogens with one attached hydrogen (secondary N) is 2. The predicted octanol–water partition coefficient (Wildman–Crippen LogP) is 3.63. The van der Waals surface area contributed by atoms with E-state index >= 15 is 0 Å². The molecule has 0 fully saturated rings. The molecular weight excluding hydrogens is 456 g/mol. The first-order valence-electron chi connectivity index (χ1n) is 9.02. The molecule has 29 heavy (non-hydrogen) atoms. The van der Waals surface area contributed by atoms with Crippen molar-refractivity contribution in [3.8, 4) is 11.5 Å². The molecule has 0 saturated heterocycles. The summed E-state index contributed by atoms with van der Waals surface area (Å²) >= 11 is 5.00. The molecule has 0 saturated carbocycles. The van der Waals surface area contributed by atoms with Crippen LogP contribution in [0.1, 0.15) is 22.3 Å². The lowest BCUT2D eigenvalue weighted by Gasteiger charge is -2.19. The van der Waals surface area contributed by atoms with Crippen molar-refractivity contribution in [3.63, 3.8) is 0 Å². The third-order valence-electron chi connectivity index (χ3n) is 4.23. The second-order valence-corrected chi connectivity index (χ2v) is 8.07. The van der Waals surface area contributed by atoms with Crippen molar-refractivity contribution in [3.05, 3.63) is 58.1 Å². The molecular formula is C21H25BrN2O4S. The Morgan fingerprint density at radius 1 is 1.10 bits per heavy atom. The van der Waals surface area contributed by atoms with Crippen molar-refractivity contribution >= 4 is 39.5 Å². The van der Waals surface area contributed by atoms with Crippen LogP contribution in [0.15, 0.2) is 46.9 Å². The molecule has 1 atom stereocenters. The first-order chi connectivity index (χ1) is 14.0. The van der Waals surface area contributed by atoms with Crippen LogP contribution in [0, 0.1) is 0 Å². The Bertz CT molecular complexity index is 825. The highest BCUT2D eigenvalue weighted by Crippen LogP contribution is 2.22. The SMILES string of the molecule is COc1cc(CNC(=O)C(CCSC)NC(=O)c2ccccc2Br)cc(OC)c1. The second kappa shape index (κ2) is 11.7. The Kier molecular flexibility index (Phi) is 9.34. The molecule has 2 aromatic carbocycles. The van der Waals surface area contributed by atoms with Gasteiger partial charge in [-0.1, -0.05) is 12.1 Å². The molecule has 0 bridgehead atoms. The van der Waals surface area contributed by atoms with Crippen LogP contribution in [0.3, 0.4) is 0 Å². The average molecular weight is 481 g/mol. The number of amides is 2. The molecule has 2 N–H and O–H groups in total. The van der Waals surface area contributed by atoms with Crippen LogP contribution in [0.4, 0.5) is 0 Å². The number of benzene rings is 2. The fourth-order valence-electron chi connectivity index (χ4n) is 2.67. The number of rotatable bonds is 10. The minimum Gasteiger partial charge on any atom is -0.497 e. The average Bonchev–Trinajstić information content (AvgIpc) is 2.74. The third-order valence-corrected chi connectivity index (χ3v) is 5.56. The number of methoxy groups -OCH3 is 2. The van der Waals surface area contributed by atoms with E-state index in [1.165, 1.54) is 0 Å². The highest BCUT2D eigenvalue weighted by Gasteiger charge is 2.22. The van der Waals surface area contributed by atoms with Gasteiger partial charge in [0.05, 0.1) is 19.8 Å². The number of ether oxygens (including phenoxy) is 2. The zero-order chi connectivity index (χ0) is 21.2. The Labute approximate surface area is 183 Å². The molecule has 8 heteroatoms. The van der Waals surface area contributed by atoms with Gasteiger partial charge in [0.1, 0.15) is 17.5 Å². The molecule has 1 unspecified atom stereocenters. The van der Waals surface area contributed by atoms with Gasteiger partial charge in [0.25, 0.3) is 5.91 Å². The van der Waals surface area contributed by atoms with E-state index in [-0.39, 0.29) is 11.8 Å². The third kappa shape index (κ3) is 6.97. The van der Waals surface area contributed by atoms with E-state index in [4.69, 9.17) is 9.47 Å². The lowest BCUT2D eigenvalue weighted by Crippen LogP contribution is -2.47. The van der Waals surface area contributed by atoms with Gasteiger partial charge in [-0.25, -0.2) is 0 Å². The van der Waals surface area contributed by atoms with Gasteiger partial charge in [-0.2, -0.15) is 11.8 Å². The van der Waals surface area contributed by atoms with Gasteiger partial charge in [0.15, 0.2) is 0 Å². The summed E-state index contributed by atoms with van der Waals surface area (Å²) in [5.41, 5.74) is 1.34. The molecule has 6 nitrogen and oxygen atoms in total. The smallest absolute Gasteiger partial charge is 0.253 e. The highest BCUT2D eigenvalue weighted by atomic mass is 79.9. The van der Waals surface area contributed by atoms with Crippen LogP contribution in [-0.4, -0.2) is 44.1 Å². The van der Waals surface area contributed by atoms with E-state index in [0.29, 0.717) is 34.5 Å². The minimum atomic E-state index is -0.630. The number of hydrogen-bond acceptors (Lipinski definition) is 5. The van der Waals surface area contributed by atoms with Gasteiger partial charge in [0, 0.05) is 17.1 Å². The Morgan fingerprint density at radius 3 is 2.34 bits per heavy atom. The summed E-state index contributed by atoms with van der Waals surface area (Å²) in [6.45, 7) is 0.299. The fraction of sp³-hybridized carbons (Fsp3) is 0.333. The van der Waals surface area contributed by atoms with E-state index in [1.54, 1.807) is 50.2 Å². The van der Waals surface area contributed by atoms with Crippen molar-refractivity contribution in [2.75, 3.05) is 26.2 Å². The molecule has 2 aromatic rings. The first-order valence-corrected chi connectivity index (χ1v) is 11.2. The maximum Gasteiger partial charge on any atom is 0.253 e. The van der Waals surface area contributed by atoms with E-state index in [9.17, 15) is 9.59 Å².